The molecule has 0 bridgehead atoms. The molecule has 0 saturated carbocycles. The largest absolute Gasteiger partial charge is 0.356 e. The van der Waals surface area contributed by atoms with Crippen LogP contribution in [0.15, 0.2) is 36.5 Å². The molecule has 13 heteroatoms. The molecule has 0 aliphatic carbocycles. The van der Waals surface area contributed by atoms with Crippen LogP contribution in [0.4, 0.5) is 5.82 Å². The number of hydrogen-bond acceptors (Lipinski definition) is 8. The summed E-state index contributed by atoms with van der Waals surface area (Å²) in [5, 5.41) is 21.4. The van der Waals surface area contributed by atoms with Crippen molar-refractivity contribution in [2.24, 2.45) is 0 Å². The smallest absolute Gasteiger partial charge is 0.350 e. The number of rotatable bonds is 8. The lowest BCUT2D eigenvalue weighted by atomic mass is 10.2. The number of nitriles is 1. The molecule has 162 valence electrons. The summed E-state index contributed by atoms with van der Waals surface area (Å²) in [5.41, 5.74) is 1.21. The van der Waals surface area contributed by atoms with Crippen molar-refractivity contribution >= 4 is 48.2 Å². The summed E-state index contributed by atoms with van der Waals surface area (Å²) < 4.78 is 25.2. The van der Waals surface area contributed by atoms with Crippen molar-refractivity contribution in [3.8, 4) is 6.07 Å². The van der Waals surface area contributed by atoms with E-state index >= 15 is 0 Å². The highest BCUT2D eigenvalue weighted by Crippen LogP contribution is 2.60. The fourth-order valence-corrected chi connectivity index (χ4v) is 4.55. The minimum Gasteiger partial charge on any atom is -0.350 e. The van der Waals surface area contributed by atoms with Gasteiger partial charge < -0.3 is 14.4 Å². The first-order valence-corrected chi connectivity index (χ1v) is 11.4. The number of pyridine rings is 1. The van der Waals surface area contributed by atoms with Crippen molar-refractivity contribution < 1.29 is 13.6 Å². The van der Waals surface area contributed by atoms with E-state index in [0.29, 0.717) is 15.7 Å². The highest BCUT2D eigenvalue weighted by atomic mass is 35.5. The van der Waals surface area contributed by atoms with Crippen LogP contribution in [0.1, 0.15) is 22.6 Å². The van der Waals surface area contributed by atoms with E-state index in [4.69, 9.17) is 43.9 Å². The van der Waals surface area contributed by atoms with Crippen LogP contribution >= 0.6 is 42.4 Å². The fourth-order valence-electron chi connectivity index (χ4n) is 2.76. The number of anilines is 1. The second-order valence-corrected chi connectivity index (χ2v) is 9.70. The first-order chi connectivity index (χ1) is 14.8. The van der Waals surface area contributed by atoms with E-state index in [-0.39, 0.29) is 23.1 Å². The summed E-state index contributed by atoms with van der Waals surface area (Å²) in [4.78, 5) is 4.03. The van der Waals surface area contributed by atoms with Crippen molar-refractivity contribution in [3.63, 3.8) is 0 Å². The number of aromatic nitrogens is 4. The molecule has 2 heterocycles. The van der Waals surface area contributed by atoms with Gasteiger partial charge in [-0.25, -0.2) is 9.67 Å². The van der Waals surface area contributed by atoms with Crippen molar-refractivity contribution in [1.82, 2.24) is 20.0 Å². The number of hydrogen-bond donors (Lipinski definition) is 1. The van der Waals surface area contributed by atoms with Gasteiger partial charge in [0.25, 0.3) is 0 Å². The summed E-state index contributed by atoms with van der Waals surface area (Å²) >= 11 is 18.0. The molecule has 3 aromatic rings. The second kappa shape index (κ2) is 9.96. The van der Waals surface area contributed by atoms with Crippen LogP contribution in [0.3, 0.4) is 0 Å². The first kappa shape index (κ1) is 23.5. The van der Waals surface area contributed by atoms with Gasteiger partial charge in [-0.05, 0) is 29.3 Å². The van der Waals surface area contributed by atoms with Crippen LogP contribution in [0.25, 0.3) is 0 Å². The van der Waals surface area contributed by atoms with E-state index < -0.39 is 13.4 Å². The summed E-state index contributed by atoms with van der Waals surface area (Å²) in [6.45, 7) is 0.222. The first-order valence-electron chi connectivity index (χ1n) is 8.68. The molecule has 2 aromatic heterocycles. The molecule has 3 rings (SSSR count). The molecule has 31 heavy (non-hydrogen) atoms. The van der Waals surface area contributed by atoms with Crippen molar-refractivity contribution in [2.45, 2.75) is 12.3 Å². The Morgan fingerprint density at radius 3 is 2.52 bits per heavy atom. The van der Waals surface area contributed by atoms with Crippen LogP contribution in [0, 0.1) is 11.3 Å². The van der Waals surface area contributed by atoms with E-state index in [0.717, 1.165) is 5.56 Å². The van der Waals surface area contributed by atoms with Gasteiger partial charge in [-0.3, -0.25) is 4.57 Å². The Labute approximate surface area is 193 Å². The highest BCUT2D eigenvalue weighted by Gasteiger charge is 2.37. The van der Waals surface area contributed by atoms with Crippen molar-refractivity contribution in [3.05, 3.63) is 68.5 Å². The monoisotopic (exact) mass is 500 g/mol. The minimum atomic E-state index is -3.75. The Balaban J connectivity index is 2.05. The maximum absolute atomic E-state index is 13.3. The van der Waals surface area contributed by atoms with Gasteiger partial charge in [0.05, 0.1) is 16.6 Å². The standard InChI is InChI=1S/C18H16Cl3N6O3P/c1-29-31(28,30-2)18(12-4-5-13(19)14(20)7-12)24-17-15(8-22)25-26-27(17)10-11-3-6-16(21)23-9-11/h3-7,9,18,24H,10H2,1-2H3. The lowest BCUT2D eigenvalue weighted by Crippen LogP contribution is -2.17. The zero-order chi connectivity index (χ0) is 22.6. The Morgan fingerprint density at radius 2 is 1.94 bits per heavy atom. The maximum atomic E-state index is 13.3. The van der Waals surface area contributed by atoms with Crippen LogP contribution in [0.5, 0.6) is 0 Å². The van der Waals surface area contributed by atoms with Gasteiger partial charge in [-0.1, -0.05) is 52.1 Å². The van der Waals surface area contributed by atoms with Crippen LogP contribution < -0.4 is 5.32 Å². The number of halogens is 3. The third-order valence-corrected chi connectivity index (χ3v) is 7.36. The Kier molecular flexibility index (Phi) is 7.55. The van der Waals surface area contributed by atoms with E-state index in [1.54, 1.807) is 30.5 Å². The molecular formula is C18H16Cl3N6O3P. The van der Waals surface area contributed by atoms with Gasteiger partial charge in [0.2, 0.25) is 5.69 Å². The molecule has 1 aromatic carbocycles. The number of benzene rings is 1. The third-order valence-electron chi connectivity index (χ3n) is 4.32. The molecule has 0 amide bonds. The lowest BCUT2D eigenvalue weighted by molar-refractivity contribution is 0.268. The van der Waals surface area contributed by atoms with Gasteiger partial charge in [0.1, 0.15) is 11.2 Å². The Bertz CT molecular complexity index is 1160. The van der Waals surface area contributed by atoms with Gasteiger partial charge in [-0.15, -0.1) is 5.10 Å². The van der Waals surface area contributed by atoms with Gasteiger partial charge >= 0.3 is 7.60 Å². The Hall–Kier alpha value is -2.18. The molecule has 0 aliphatic rings. The molecule has 1 N–H and O–H groups in total. The average molecular weight is 502 g/mol. The van der Waals surface area contributed by atoms with E-state index in [9.17, 15) is 9.83 Å². The zero-order valence-corrected chi connectivity index (χ0v) is 19.5. The molecule has 0 fully saturated rings. The normalized spacial score (nSPS) is 12.4. The second-order valence-electron chi connectivity index (χ2n) is 6.17. The summed E-state index contributed by atoms with van der Waals surface area (Å²) in [7, 11) is -1.23. The minimum absolute atomic E-state index is 0.00857. The predicted molar refractivity (Wildman–Crippen MR) is 118 cm³/mol. The van der Waals surface area contributed by atoms with Crippen molar-refractivity contribution in [2.75, 3.05) is 19.5 Å². The maximum Gasteiger partial charge on any atom is 0.356 e. The van der Waals surface area contributed by atoms with Gasteiger partial charge in [0, 0.05) is 20.4 Å². The van der Waals surface area contributed by atoms with Crippen LogP contribution in [-0.2, 0) is 20.2 Å². The zero-order valence-electron chi connectivity index (χ0n) is 16.3. The highest BCUT2D eigenvalue weighted by molar-refractivity contribution is 7.54. The topological polar surface area (TPSA) is 115 Å². The summed E-state index contributed by atoms with van der Waals surface area (Å²) in [6, 6.07) is 10.1. The Morgan fingerprint density at radius 1 is 1.19 bits per heavy atom. The quantitative estimate of drug-likeness (QED) is 0.333. The molecule has 9 nitrogen and oxygen atoms in total. The van der Waals surface area contributed by atoms with Gasteiger partial charge in [0.15, 0.2) is 11.6 Å². The van der Waals surface area contributed by atoms with Crippen LogP contribution in [0.2, 0.25) is 15.2 Å². The average Bonchev–Trinajstić information content (AvgIpc) is 3.16. The lowest BCUT2D eigenvalue weighted by Gasteiger charge is -2.26. The molecule has 1 atom stereocenters. The third kappa shape index (κ3) is 5.18. The fraction of sp³-hybridized carbons (Fsp3) is 0.222. The van der Waals surface area contributed by atoms with E-state index in [1.807, 2.05) is 6.07 Å². The molecule has 0 aliphatic heterocycles. The molecular weight excluding hydrogens is 486 g/mol. The number of nitrogens with one attached hydrogen (secondary N) is 1. The SMILES string of the molecule is COP(=O)(OC)C(Nc1c(C#N)nnn1Cc1ccc(Cl)nc1)c1ccc(Cl)c(Cl)c1. The summed E-state index contributed by atoms with van der Waals surface area (Å²) in [5.74, 6) is -0.826. The molecule has 1 unspecified atom stereocenters. The molecule has 0 radical (unpaired) electrons. The predicted octanol–water partition coefficient (Wildman–Crippen LogP) is 5.15. The molecule has 0 saturated heterocycles. The summed E-state index contributed by atoms with van der Waals surface area (Å²) in [6.07, 6.45) is 1.57. The van der Waals surface area contributed by atoms with Gasteiger partial charge in [-0.2, -0.15) is 5.26 Å². The van der Waals surface area contributed by atoms with E-state index in [2.05, 4.69) is 20.6 Å². The van der Waals surface area contributed by atoms with Crippen molar-refractivity contribution in [1.29, 1.82) is 5.26 Å². The number of nitrogens with zero attached hydrogens (tertiary/aromatic N) is 5. The molecule has 0 spiro atoms. The van der Waals surface area contributed by atoms with E-state index in [1.165, 1.54) is 25.0 Å². The van der Waals surface area contributed by atoms with Crippen LogP contribution in [-0.4, -0.2) is 34.2 Å².